The molecule has 2 aliphatic heterocycles. The van der Waals surface area contributed by atoms with Gasteiger partial charge in [0.2, 0.25) is 5.91 Å². The van der Waals surface area contributed by atoms with Crippen LogP contribution in [0.1, 0.15) is 56.6 Å². The second-order valence-electron chi connectivity index (χ2n) is 7.59. The van der Waals surface area contributed by atoms with Crippen LogP contribution in [0.15, 0.2) is 0 Å². The number of piperidine rings is 1. The summed E-state index contributed by atoms with van der Waals surface area (Å²) in [6.07, 6.45) is 2.34. The monoisotopic (exact) mass is 424 g/mol. The van der Waals surface area contributed by atoms with Crippen LogP contribution in [0.4, 0.5) is 5.82 Å². The third-order valence-corrected chi connectivity index (χ3v) is 8.02. The van der Waals surface area contributed by atoms with E-state index >= 15 is 0 Å². The van der Waals surface area contributed by atoms with Crippen molar-refractivity contribution in [2.24, 2.45) is 0 Å². The highest BCUT2D eigenvalue weighted by Crippen LogP contribution is 2.31. The van der Waals surface area contributed by atoms with Gasteiger partial charge in [-0.2, -0.15) is 17.0 Å². The molecular formula is C19H32N6O3S. The van der Waals surface area contributed by atoms with Crippen LogP contribution in [-0.2, 0) is 28.0 Å². The summed E-state index contributed by atoms with van der Waals surface area (Å²) in [6, 6.07) is 0. The van der Waals surface area contributed by atoms with E-state index in [0.29, 0.717) is 51.5 Å². The van der Waals surface area contributed by atoms with Gasteiger partial charge in [0, 0.05) is 64.6 Å². The van der Waals surface area contributed by atoms with Crippen LogP contribution in [0.2, 0.25) is 0 Å². The molecule has 0 saturated carbocycles. The molecular weight excluding hydrogens is 392 g/mol. The topological polar surface area (TPSA) is 98.7 Å². The smallest absolute Gasteiger partial charge is 0.281 e. The summed E-state index contributed by atoms with van der Waals surface area (Å²) < 4.78 is 29.0. The number of hydrogen-bond donors (Lipinski definition) is 1. The van der Waals surface area contributed by atoms with Crippen molar-refractivity contribution in [3.8, 4) is 0 Å². The molecule has 29 heavy (non-hydrogen) atoms. The first-order chi connectivity index (χ1) is 13.8. The van der Waals surface area contributed by atoms with E-state index in [9.17, 15) is 13.2 Å². The molecule has 0 aliphatic carbocycles. The fraction of sp³-hybridized carbons (Fsp3) is 0.737. The fourth-order valence-corrected chi connectivity index (χ4v) is 5.87. The number of amides is 1. The zero-order valence-corrected chi connectivity index (χ0v) is 18.6. The number of hydrogen-bond acceptors (Lipinski definition) is 6. The lowest BCUT2D eigenvalue weighted by Crippen LogP contribution is -2.47. The molecule has 2 aliphatic rings. The highest BCUT2D eigenvalue weighted by Gasteiger charge is 2.34. The van der Waals surface area contributed by atoms with E-state index in [-0.39, 0.29) is 11.8 Å². The first-order valence-electron chi connectivity index (χ1n) is 10.4. The Kier molecular flexibility index (Phi) is 6.75. The molecule has 1 saturated heterocycles. The van der Waals surface area contributed by atoms with E-state index in [0.717, 1.165) is 29.9 Å². The Morgan fingerprint density at radius 1 is 1.24 bits per heavy atom. The number of nitrogens with one attached hydrogen (secondary N) is 1. The maximum Gasteiger partial charge on any atom is 0.281 e. The molecule has 1 aromatic rings. The molecule has 1 N–H and O–H groups in total. The number of fused-ring (bicyclic) bond motifs is 1. The summed E-state index contributed by atoms with van der Waals surface area (Å²) in [7, 11) is -1.65. The molecule has 0 unspecified atom stereocenters. The van der Waals surface area contributed by atoms with Crippen LogP contribution in [0.25, 0.3) is 0 Å². The van der Waals surface area contributed by atoms with Crippen LogP contribution in [0, 0.1) is 0 Å². The van der Waals surface area contributed by atoms with Crippen molar-refractivity contribution in [3.05, 3.63) is 17.1 Å². The summed E-state index contributed by atoms with van der Waals surface area (Å²) >= 11 is 0. The van der Waals surface area contributed by atoms with Gasteiger partial charge in [0.05, 0.1) is 12.2 Å². The molecule has 0 bridgehead atoms. The van der Waals surface area contributed by atoms with Crippen molar-refractivity contribution in [1.29, 1.82) is 0 Å². The van der Waals surface area contributed by atoms with Gasteiger partial charge >= 0.3 is 0 Å². The molecule has 1 aromatic heterocycles. The number of carbonyl (C=O) groups is 1. The number of anilines is 1. The number of nitrogens with zero attached hydrogens (tertiary/aromatic N) is 5. The van der Waals surface area contributed by atoms with Crippen molar-refractivity contribution in [2.45, 2.75) is 52.5 Å². The van der Waals surface area contributed by atoms with Gasteiger partial charge in [0.15, 0.2) is 0 Å². The van der Waals surface area contributed by atoms with Crippen molar-refractivity contribution in [3.63, 3.8) is 0 Å². The van der Waals surface area contributed by atoms with Gasteiger partial charge in [-0.15, -0.1) is 0 Å². The Labute approximate surface area is 173 Å². The van der Waals surface area contributed by atoms with Gasteiger partial charge in [-0.05, 0) is 12.8 Å². The first kappa shape index (κ1) is 21.9. The minimum Gasteiger partial charge on any atom is -0.373 e. The average Bonchev–Trinajstić information content (AvgIpc) is 2.73. The lowest BCUT2D eigenvalue weighted by atomic mass is 9.97. The first-order valence-corrected chi connectivity index (χ1v) is 11.8. The zero-order chi connectivity index (χ0) is 21.2. The van der Waals surface area contributed by atoms with Crippen molar-refractivity contribution in [1.82, 2.24) is 23.5 Å². The molecule has 1 atom stereocenters. The number of aromatic nitrogens is 2. The third-order valence-electron chi connectivity index (χ3n) is 5.87. The van der Waals surface area contributed by atoms with Crippen LogP contribution >= 0.6 is 0 Å². The molecule has 9 nitrogen and oxygen atoms in total. The Bertz CT molecular complexity index is 838. The van der Waals surface area contributed by atoms with Gasteiger partial charge in [0.25, 0.3) is 10.2 Å². The molecule has 10 heteroatoms. The molecule has 3 rings (SSSR count). The Morgan fingerprint density at radius 2 is 1.97 bits per heavy atom. The number of carbonyl (C=O) groups excluding carboxylic acids is 1. The van der Waals surface area contributed by atoms with E-state index in [1.807, 2.05) is 20.9 Å². The van der Waals surface area contributed by atoms with E-state index < -0.39 is 10.2 Å². The molecule has 1 amide bonds. The average molecular weight is 425 g/mol. The molecule has 0 spiro atoms. The van der Waals surface area contributed by atoms with Gasteiger partial charge in [0.1, 0.15) is 11.6 Å². The van der Waals surface area contributed by atoms with E-state index in [1.54, 1.807) is 16.1 Å². The largest absolute Gasteiger partial charge is 0.373 e. The predicted molar refractivity (Wildman–Crippen MR) is 112 cm³/mol. The molecule has 1 fully saturated rings. The van der Waals surface area contributed by atoms with Crippen molar-refractivity contribution >= 4 is 21.9 Å². The summed E-state index contributed by atoms with van der Waals surface area (Å²) in [5, 5.41) is 3.14. The summed E-state index contributed by atoms with van der Waals surface area (Å²) in [4.78, 5) is 23.1. The van der Waals surface area contributed by atoms with Crippen LogP contribution in [0.5, 0.6) is 0 Å². The highest BCUT2D eigenvalue weighted by atomic mass is 32.2. The maximum absolute atomic E-state index is 12.9. The number of rotatable bonds is 6. The molecule has 0 radical (unpaired) electrons. The van der Waals surface area contributed by atoms with E-state index in [1.165, 1.54) is 4.31 Å². The predicted octanol–water partition coefficient (Wildman–Crippen LogP) is 1.19. The van der Waals surface area contributed by atoms with Gasteiger partial charge in [-0.3, -0.25) is 4.79 Å². The lowest BCUT2D eigenvalue weighted by Gasteiger charge is -2.35. The van der Waals surface area contributed by atoms with Crippen molar-refractivity contribution in [2.75, 3.05) is 45.1 Å². The lowest BCUT2D eigenvalue weighted by molar-refractivity contribution is -0.129. The quantitative estimate of drug-likeness (QED) is 0.737. The molecule has 0 aromatic carbocycles. The Hall–Kier alpha value is -1.78. The van der Waals surface area contributed by atoms with E-state index in [2.05, 4.69) is 5.32 Å². The maximum atomic E-state index is 12.9. The highest BCUT2D eigenvalue weighted by molar-refractivity contribution is 7.86. The summed E-state index contributed by atoms with van der Waals surface area (Å²) in [6.45, 7) is 8.32. The second kappa shape index (κ2) is 8.93. The van der Waals surface area contributed by atoms with Gasteiger partial charge in [-0.1, -0.05) is 13.8 Å². The van der Waals surface area contributed by atoms with Crippen molar-refractivity contribution < 1.29 is 13.2 Å². The van der Waals surface area contributed by atoms with Gasteiger partial charge in [-0.25, -0.2) is 9.97 Å². The summed E-state index contributed by atoms with van der Waals surface area (Å²) in [5.41, 5.74) is 1.92. The van der Waals surface area contributed by atoms with Gasteiger partial charge < -0.3 is 10.2 Å². The molecule has 3 heterocycles. The Balaban J connectivity index is 1.86. The van der Waals surface area contributed by atoms with E-state index in [4.69, 9.17) is 9.97 Å². The van der Waals surface area contributed by atoms with Crippen LogP contribution in [-0.4, -0.2) is 77.6 Å². The Morgan fingerprint density at radius 3 is 2.59 bits per heavy atom. The minimum absolute atomic E-state index is 0.0303. The zero-order valence-electron chi connectivity index (χ0n) is 17.8. The minimum atomic E-state index is -3.46. The third kappa shape index (κ3) is 4.39. The normalized spacial score (nSPS) is 20.6. The SMILES string of the molecule is CCN(CC)S(=O)(=O)N1CCC[C@H](c2nc3c(c(NC)n2)CN(C(C)=O)CC3)C1. The standard InChI is InChI=1S/C19H32N6O3S/c1-5-24(6-2)29(27,28)25-10-7-8-15(12-25)18-21-17-9-11-23(14(3)26)13-16(17)19(20-4)22-18/h15H,5-13H2,1-4H3,(H,20,21,22)/t15-/m0/s1. The van der Waals surface area contributed by atoms with Crippen LogP contribution < -0.4 is 5.32 Å². The van der Waals surface area contributed by atoms with Crippen LogP contribution in [0.3, 0.4) is 0 Å². The second-order valence-corrected chi connectivity index (χ2v) is 9.51. The molecule has 162 valence electrons. The fourth-order valence-electron chi connectivity index (χ4n) is 4.17. The summed E-state index contributed by atoms with van der Waals surface area (Å²) in [5.74, 6) is 1.45.